The number of hydrazone groups is 1. The van der Waals surface area contributed by atoms with Crippen molar-refractivity contribution in [2.75, 3.05) is 7.11 Å². The summed E-state index contributed by atoms with van der Waals surface area (Å²) in [7, 11) is 1.67. The van der Waals surface area contributed by atoms with Crippen LogP contribution in [0, 0.1) is 0 Å². The molecule has 4 nitrogen and oxygen atoms in total. The molecule has 0 aliphatic carbocycles. The molecular weight excluding hydrogens is 336 g/mol. The van der Waals surface area contributed by atoms with Gasteiger partial charge in [-0.05, 0) is 53.1 Å². The van der Waals surface area contributed by atoms with Crippen LogP contribution in [0.25, 0.3) is 0 Å². The first-order chi connectivity index (χ1) is 13.3. The highest BCUT2D eigenvalue weighted by Gasteiger charge is 2.21. The summed E-state index contributed by atoms with van der Waals surface area (Å²) in [5, 5.41) is 4.51. The summed E-state index contributed by atoms with van der Waals surface area (Å²) in [5.74, 6) is 1.73. The Kier molecular flexibility index (Phi) is 5.06. The topological polar surface area (TPSA) is 42.8 Å². The van der Waals surface area contributed by atoms with Gasteiger partial charge in [0.2, 0.25) is 0 Å². The van der Waals surface area contributed by atoms with Gasteiger partial charge in [0, 0.05) is 6.42 Å². The van der Waals surface area contributed by atoms with Gasteiger partial charge in [-0.15, -0.1) is 0 Å². The van der Waals surface area contributed by atoms with E-state index in [1.54, 1.807) is 7.11 Å². The molecule has 136 valence electrons. The molecule has 1 unspecified atom stereocenters. The minimum atomic E-state index is 0.185. The molecule has 1 atom stereocenters. The van der Waals surface area contributed by atoms with Crippen molar-refractivity contribution in [3.63, 3.8) is 0 Å². The summed E-state index contributed by atoms with van der Waals surface area (Å²) < 4.78 is 11.1. The summed E-state index contributed by atoms with van der Waals surface area (Å²) in [6.45, 7) is 0.576. The van der Waals surface area contributed by atoms with Crippen LogP contribution >= 0.6 is 0 Å². The first-order valence-corrected chi connectivity index (χ1v) is 9.05. The van der Waals surface area contributed by atoms with E-state index in [9.17, 15) is 0 Å². The standard InChI is InChI=1S/C23H22N2O2/c1-26-20-11-7-18(8-12-20)22-15-23(25-24-22)19-9-13-21(14-10-19)27-16-17-5-3-2-4-6-17/h2-14,23,25H,15-16H2,1H3. The maximum atomic E-state index is 5.86. The molecule has 0 saturated heterocycles. The zero-order valence-corrected chi connectivity index (χ0v) is 15.3. The number of nitrogens with one attached hydrogen (secondary N) is 1. The largest absolute Gasteiger partial charge is 0.497 e. The Labute approximate surface area is 159 Å². The molecule has 4 heteroatoms. The molecular formula is C23H22N2O2. The van der Waals surface area contributed by atoms with Crippen molar-refractivity contribution in [2.24, 2.45) is 5.10 Å². The summed E-state index contributed by atoms with van der Waals surface area (Å²) in [6, 6.07) is 26.6. The van der Waals surface area contributed by atoms with Crippen molar-refractivity contribution in [2.45, 2.75) is 19.1 Å². The molecule has 1 heterocycles. The summed E-state index contributed by atoms with van der Waals surface area (Å²) in [5.41, 5.74) is 7.79. The second-order valence-corrected chi connectivity index (χ2v) is 6.52. The molecule has 0 saturated carbocycles. The van der Waals surface area contributed by atoms with Crippen LogP contribution in [0.1, 0.15) is 29.2 Å². The van der Waals surface area contributed by atoms with Crippen LogP contribution in [0.2, 0.25) is 0 Å². The molecule has 3 aromatic rings. The van der Waals surface area contributed by atoms with Crippen LogP contribution in [0.5, 0.6) is 11.5 Å². The molecule has 0 bridgehead atoms. The van der Waals surface area contributed by atoms with E-state index in [0.717, 1.165) is 34.8 Å². The van der Waals surface area contributed by atoms with Gasteiger partial charge in [0.25, 0.3) is 0 Å². The molecule has 0 amide bonds. The van der Waals surface area contributed by atoms with E-state index in [1.807, 2.05) is 54.6 Å². The minimum absolute atomic E-state index is 0.185. The number of methoxy groups -OCH3 is 1. The number of nitrogens with zero attached hydrogens (tertiary/aromatic N) is 1. The molecule has 0 radical (unpaired) electrons. The molecule has 0 spiro atoms. The summed E-state index contributed by atoms with van der Waals surface area (Å²) >= 11 is 0. The lowest BCUT2D eigenvalue weighted by atomic mass is 9.99. The predicted octanol–water partition coefficient (Wildman–Crippen LogP) is 4.71. The Bertz CT molecular complexity index is 903. The van der Waals surface area contributed by atoms with E-state index in [-0.39, 0.29) is 6.04 Å². The van der Waals surface area contributed by atoms with Crippen molar-refractivity contribution in [3.05, 3.63) is 95.6 Å². The Balaban J connectivity index is 1.35. The molecule has 1 aliphatic heterocycles. The normalized spacial score (nSPS) is 15.7. The van der Waals surface area contributed by atoms with Gasteiger partial charge in [0.05, 0.1) is 18.9 Å². The third kappa shape index (κ3) is 4.11. The fourth-order valence-electron chi connectivity index (χ4n) is 3.14. The average Bonchev–Trinajstić information content (AvgIpc) is 3.24. The second kappa shape index (κ2) is 7.96. The first kappa shape index (κ1) is 17.2. The smallest absolute Gasteiger partial charge is 0.119 e. The molecule has 4 rings (SSSR count). The lowest BCUT2D eigenvalue weighted by molar-refractivity contribution is 0.306. The first-order valence-electron chi connectivity index (χ1n) is 9.05. The molecule has 0 fully saturated rings. The van der Waals surface area contributed by atoms with Gasteiger partial charge in [0.15, 0.2) is 0 Å². The van der Waals surface area contributed by atoms with Gasteiger partial charge in [-0.1, -0.05) is 42.5 Å². The quantitative estimate of drug-likeness (QED) is 0.694. The van der Waals surface area contributed by atoms with Crippen molar-refractivity contribution in [1.82, 2.24) is 5.43 Å². The zero-order chi connectivity index (χ0) is 18.5. The van der Waals surface area contributed by atoms with Crippen LogP contribution in [0.4, 0.5) is 0 Å². The monoisotopic (exact) mass is 358 g/mol. The number of rotatable bonds is 6. The lowest BCUT2D eigenvalue weighted by Crippen LogP contribution is -2.09. The third-order valence-electron chi connectivity index (χ3n) is 4.71. The molecule has 1 aliphatic rings. The van der Waals surface area contributed by atoms with Crippen molar-refractivity contribution in [3.8, 4) is 11.5 Å². The number of benzene rings is 3. The van der Waals surface area contributed by atoms with E-state index in [0.29, 0.717) is 6.61 Å². The summed E-state index contributed by atoms with van der Waals surface area (Å²) in [4.78, 5) is 0. The second-order valence-electron chi connectivity index (χ2n) is 6.52. The van der Waals surface area contributed by atoms with Crippen LogP contribution in [-0.2, 0) is 6.61 Å². The van der Waals surface area contributed by atoms with Gasteiger partial charge in [-0.25, -0.2) is 0 Å². The minimum Gasteiger partial charge on any atom is -0.497 e. The Morgan fingerprint density at radius 1 is 0.889 bits per heavy atom. The van der Waals surface area contributed by atoms with Gasteiger partial charge >= 0.3 is 0 Å². The van der Waals surface area contributed by atoms with E-state index in [2.05, 4.69) is 34.8 Å². The van der Waals surface area contributed by atoms with Crippen molar-refractivity contribution in [1.29, 1.82) is 0 Å². The lowest BCUT2D eigenvalue weighted by Gasteiger charge is -2.12. The maximum Gasteiger partial charge on any atom is 0.119 e. The SMILES string of the molecule is COc1ccc(C2=NNC(c3ccc(OCc4ccccc4)cc3)C2)cc1. The van der Waals surface area contributed by atoms with Crippen LogP contribution in [0.15, 0.2) is 84.0 Å². The zero-order valence-electron chi connectivity index (χ0n) is 15.3. The Morgan fingerprint density at radius 2 is 1.59 bits per heavy atom. The van der Waals surface area contributed by atoms with E-state index >= 15 is 0 Å². The molecule has 3 aromatic carbocycles. The molecule has 27 heavy (non-hydrogen) atoms. The van der Waals surface area contributed by atoms with Crippen molar-refractivity contribution >= 4 is 5.71 Å². The van der Waals surface area contributed by atoms with Gasteiger partial charge < -0.3 is 14.9 Å². The summed E-state index contributed by atoms with van der Waals surface area (Å²) in [6.07, 6.45) is 0.858. The van der Waals surface area contributed by atoms with E-state index < -0.39 is 0 Å². The van der Waals surface area contributed by atoms with Crippen molar-refractivity contribution < 1.29 is 9.47 Å². The average molecular weight is 358 g/mol. The number of ether oxygens (including phenoxy) is 2. The third-order valence-corrected chi connectivity index (χ3v) is 4.71. The van der Waals surface area contributed by atoms with E-state index in [4.69, 9.17) is 9.47 Å². The molecule has 0 aromatic heterocycles. The Hall–Kier alpha value is -3.27. The van der Waals surface area contributed by atoms with Crippen LogP contribution < -0.4 is 14.9 Å². The Morgan fingerprint density at radius 3 is 2.30 bits per heavy atom. The van der Waals surface area contributed by atoms with Crippen LogP contribution in [0.3, 0.4) is 0 Å². The highest BCUT2D eigenvalue weighted by molar-refractivity contribution is 6.01. The number of hydrogen-bond acceptors (Lipinski definition) is 4. The van der Waals surface area contributed by atoms with Crippen LogP contribution in [-0.4, -0.2) is 12.8 Å². The number of hydrogen-bond donors (Lipinski definition) is 1. The predicted molar refractivity (Wildman–Crippen MR) is 107 cm³/mol. The fourth-order valence-corrected chi connectivity index (χ4v) is 3.14. The van der Waals surface area contributed by atoms with Gasteiger partial charge in [0.1, 0.15) is 18.1 Å². The highest BCUT2D eigenvalue weighted by Crippen LogP contribution is 2.27. The molecule has 1 N–H and O–H groups in total. The van der Waals surface area contributed by atoms with E-state index in [1.165, 1.54) is 5.56 Å². The fraction of sp³-hybridized carbons (Fsp3) is 0.174. The maximum absolute atomic E-state index is 5.86. The highest BCUT2D eigenvalue weighted by atomic mass is 16.5. The van der Waals surface area contributed by atoms with Gasteiger partial charge in [-0.2, -0.15) is 5.10 Å². The van der Waals surface area contributed by atoms with Gasteiger partial charge in [-0.3, -0.25) is 0 Å².